The van der Waals surface area contributed by atoms with E-state index in [9.17, 15) is 13.2 Å². The molecule has 0 aliphatic carbocycles. The average Bonchev–Trinajstić information content (AvgIpc) is 2.40. The number of rotatable bonds is 4. The largest absolute Gasteiger partial charge is 0.494 e. The highest BCUT2D eigenvalue weighted by Gasteiger charge is 2.07. The molecule has 0 bridgehead atoms. The van der Waals surface area contributed by atoms with Gasteiger partial charge >= 0.3 is 0 Å². The molecule has 0 aromatic heterocycles. The van der Waals surface area contributed by atoms with Crippen LogP contribution in [0.2, 0.25) is 0 Å². The standard InChI is InChI=1S/C14H12F3NO/c1-19-14-7-11(16)3-5-13(14)18-8-9-6-10(15)2-4-12(9)17/h2-7,18H,8H2,1H3. The Bertz CT molecular complexity index is 587. The van der Waals surface area contributed by atoms with Crippen LogP contribution in [0.4, 0.5) is 18.9 Å². The van der Waals surface area contributed by atoms with Gasteiger partial charge in [0.15, 0.2) is 0 Å². The maximum atomic E-state index is 13.4. The topological polar surface area (TPSA) is 21.3 Å². The second-order valence-corrected chi connectivity index (χ2v) is 3.93. The average molecular weight is 267 g/mol. The van der Waals surface area contributed by atoms with Crippen molar-refractivity contribution in [1.82, 2.24) is 0 Å². The van der Waals surface area contributed by atoms with Gasteiger partial charge in [-0.1, -0.05) is 0 Å². The molecule has 0 aliphatic rings. The lowest BCUT2D eigenvalue weighted by Gasteiger charge is -2.11. The zero-order valence-electron chi connectivity index (χ0n) is 10.2. The van der Waals surface area contributed by atoms with Gasteiger partial charge in [0.25, 0.3) is 0 Å². The zero-order chi connectivity index (χ0) is 13.8. The van der Waals surface area contributed by atoms with Crippen LogP contribution in [0.15, 0.2) is 36.4 Å². The van der Waals surface area contributed by atoms with Crippen molar-refractivity contribution in [2.45, 2.75) is 6.54 Å². The third-order valence-electron chi connectivity index (χ3n) is 2.64. The van der Waals surface area contributed by atoms with Gasteiger partial charge in [0.05, 0.1) is 12.8 Å². The summed E-state index contributed by atoms with van der Waals surface area (Å²) < 4.78 is 44.4. The number of benzene rings is 2. The summed E-state index contributed by atoms with van der Waals surface area (Å²) in [6, 6.07) is 7.17. The molecule has 19 heavy (non-hydrogen) atoms. The van der Waals surface area contributed by atoms with Crippen molar-refractivity contribution in [3.8, 4) is 5.75 Å². The molecule has 0 amide bonds. The molecular formula is C14H12F3NO. The Morgan fingerprint density at radius 1 is 1.00 bits per heavy atom. The molecule has 0 radical (unpaired) electrons. The first-order valence-corrected chi connectivity index (χ1v) is 5.61. The van der Waals surface area contributed by atoms with Gasteiger partial charge in [-0.3, -0.25) is 0 Å². The molecule has 5 heteroatoms. The van der Waals surface area contributed by atoms with Gasteiger partial charge in [-0.25, -0.2) is 13.2 Å². The van der Waals surface area contributed by atoms with Crippen LogP contribution in [-0.2, 0) is 6.54 Å². The molecule has 100 valence electrons. The number of methoxy groups -OCH3 is 1. The van der Waals surface area contributed by atoms with Gasteiger partial charge in [0, 0.05) is 18.2 Å². The van der Waals surface area contributed by atoms with E-state index in [1.165, 1.54) is 25.3 Å². The lowest BCUT2D eigenvalue weighted by atomic mass is 10.2. The molecule has 2 aromatic carbocycles. The molecule has 0 atom stereocenters. The predicted molar refractivity (Wildman–Crippen MR) is 66.6 cm³/mol. The summed E-state index contributed by atoms with van der Waals surface area (Å²) in [5.74, 6) is -1.14. The van der Waals surface area contributed by atoms with Crippen LogP contribution in [0.5, 0.6) is 5.75 Å². The monoisotopic (exact) mass is 267 g/mol. The van der Waals surface area contributed by atoms with Gasteiger partial charge in [-0.15, -0.1) is 0 Å². The van der Waals surface area contributed by atoms with Crippen LogP contribution in [-0.4, -0.2) is 7.11 Å². The summed E-state index contributed by atoms with van der Waals surface area (Å²) in [6.07, 6.45) is 0. The van der Waals surface area contributed by atoms with E-state index in [0.717, 1.165) is 18.2 Å². The third-order valence-corrected chi connectivity index (χ3v) is 2.64. The summed E-state index contributed by atoms with van der Waals surface area (Å²) in [5, 5.41) is 2.88. The van der Waals surface area contributed by atoms with Crippen molar-refractivity contribution >= 4 is 5.69 Å². The number of nitrogens with one attached hydrogen (secondary N) is 1. The van der Waals surface area contributed by atoms with E-state index in [1.54, 1.807) is 0 Å². The van der Waals surface area contributed by atoms with Crippen molar-refractivity contribution in [3.63, 3.8) is 0 Å². The van der Waals surface area contributed by atoms with E-state index in [2.05, 4.69) is 5.32 Å². The van der Waals surface area contributed by atoms with Gasteiger partial charge < -0.3 is 10.1 Å². The van der Waals surface area contributed by atoms with E-state index in [-0.39, 0.29) is 12.1 Å². The molecule has 0 saturated carbocycles. The fourth-order valence-corrected chi connectivity index (χ4v) is 1.68. The Kier molecular flexibility index (Phi) is 3.94. The Labute approximate surface area is 108 Å². The van der Waals surface area contributed by atoms with Crippen LogP contribution >= 0.6 is 0 Å². The second-order valence-electron chi connectivity index (χ2n) is 3.93. The molecule has 0 spiro atoms. The zero-order valence-corrected chi connectivity index (χ0v) is 10.2. The number of anilines is 1. The number of hydrogen-bond donors (Lipinski definition) is 1. The van der Waals surface area contributed by atoms with Gasteiger partial charge in [0.1, 0.15) is 23.2 Å². The molecule has 0 aliphatic heterocycles. The van der Waals surface area contributed by atoms with Crippen molar-refractivity contribution in [1.29, 1.82) is 0 Å². The summed E-state index contributed by atoms with van der Waals surface area (Å²) >= 11 is 0. The van der Waals surface area contributed by atoms with Gasteiger partial charge in [-0.2, -0.15) is 0 Å². The summed E-state index contributed by atoms with van der Waals surface area (Å²) in [6.45, 7) is 0.0750. The normalized spacial score (nSPS) is 10.3. The third kappa shape index (κ3) is 3.19. The maximum absolute atomic E-state index is 13.4. The second kappa shape index (κ2) is 5.65. The molecule has 0 fully saturated rings. The molecular weight excluding hydrogens is 255 g/mol. The molecule has 0 heterocycles. The Morgan fingerprint density at radius 3 is 2.42 bits per heavy atom. The number of ether oxygens (including phenoxy) is 1. The minimum Gasteiger partial charge on any atom is -0.494 e. The molecule has 0 saturated heterocycles. The van der Waals surface area contributed by atoms with E-state index in [4.69, 9.17) is 4.74 Å². The Morgan fingerprint density at radius 2 is 1.68 bits per heavy atom. The SMILES string of the molecule is COc1cc(F)ccc1NCc1cc(F)ccc1F. The van der Waals surface area contributed by atoms with E-state index in [0.29, 0.717) is 11.4 Å². The van der Waals surface area contributed by atoms with E-state index < -0.39 is 17.5 Å². The number of hydrogen-bond acceptors (Lipinski definition) is 2. The molecule has 2 rings (SSSR count). The van der Waals surface area contributed by atoms with Crippen molar-refractivity contribution in [2.24, 2.45) is 0 Å². The van der Waals surface area contributed by atoms with Crippen molar-refractivity contribution < 1.29 is 17.9 Å². The fourth-order valence-electron chi connectivity index (χ4n) is 1.68. The van der Waals surface area contributed by atoms with Crippen LogP contribution < -0.4 is 10.1 Å². The smallest absolute Gasteiger partial charge is 0.144 e. The minimum absolute atomic E-state index is 0.0750. The first kappa shape index (κ1) is 13.3. The maximum Gasteiger partial charge on any atom is 0.144 e. The highest BCUT2D eigenvalue weighted by molar-refractivity contribution is 5.56. The fraction of sp³-hybridized carbons (Fsp3) is 0.143. The molecule has 1 N–H and O–H groups in total. The first-order valence-electron chi connectivity index (χ1n) is 5.61. The van der Waals surface area contributed by atoms with Crippen molar-refractivity contribution in [2.75, 3.05) is 12.4 Å². The molecule has 2 nitrogen and oxygen atoms in total. The van der Waals surface area contributed by atoms with E-state index in [1.807, 2.05) is 0 Å². The summed E-state index contributed by atoms with van der Waals surface area (Å²) in [5.41, 5.74) is 0.693. The van der Waals surface area contributed by atoms with Crippen LogP contribution in [0.25, 0.3) is 0 Å². The van der Waals surface area contributed by atoms with Crippen LogP contribution in [0.1, 0.15) is 5.56 Å². The molecule has 2 aromatic rings. The molecule has 0 unspecified atom stereocenters. The summed E-state index contributed by atoms with van der Waals surface area (Å²) in [7, 11) is 1.41. The lowest BCUT2D eigenvalue weighted by molar-refractivity contribution is 0.413. The minimum atomic E-state index is -0.510. The lowest BCUT2D eigenvalue weighted by Crippen LogP contribution is -2.04. The van der Waals surface area contributed by atoms with Crippen molar-refractivity contribution in [3.05, 3.63) is 59.4 Å². The van der Waals surface area contributed by atoms with Gasteiger partial charge in [-0.05, 0) is 30.3 Å². The Balaban J connectivity index is 2.16. The highest BCUT2D eigenvalue weighted by Crippen LogP contribution is 2.25. The number of halogens is 3. The first-order chi connectivity index (χ1) is 9.10. The highest BCUT2D eigenvalue weighted by atomic mass is 19.1. The predicted octanol–water partition coefficient (Wildman–Crippen LogP) is 3.72. The quantitative estimate of drug-likeness (QED) is 0.911. The van der Waals surface area contributed by atoms with Crippen LogP contribution in [0, 0.1) is 17.5 Å². The van der Waals surface area contributed by atoms with E-state index >= 15 is 0 Å². The van der Waals surface area contributed by atoms with Crippen LogP contribution in [0.3, 0.4) is 0 Å². The van der Waals surface area contributed by atoms with Gasteiger partial charge in [0.2, 0.25) is 0 Å². The summed E-state index contributed by atoms with van der Waals surface area (Å²) in [4.78, 5) is 0. The Hall–Kier alpha value is -2.17.